The molecule has 3 N–H and O–H groups in total. The van der Waals surface area contributed by atoms with Crippen LogP contribution in [0, 0.1) is 0 Å². The number of nitrogens with zero attached hydrogens (tertiary/aromatic N) is 2. The molecular formula is C30H40N4O3. The maximum atomic E-state index is 12.0. The molecule has 1 unspecified atom stereocenters. The van der Waals surface area contributed by atoms with Gasteiger partial charge in [-0.05, 0) is 73.9 Å². The quantitative estimate of drug-likeness (QED) is 0.200. The van der Waals surface area contributed by atoms with Crippen molar-refractivity contribution in [3.8, 4) is 0 Å². The maximum absolute atomic E-state index is 12.0. The smallest absolute Gasteiger partial charge is 0.332 e. The van der Waals surface area contributed by atoms with Crippen LogP contribution in [0.1, 0.15) is 47.9 Å². The van der Waals surface area contributed by atoms with Crippen molar-refractivity contribution in [2.75, 3.05) is 32.7 Å². The number of ether oxygens (including phenoxy) is 1. The number of hydrogen-bond donors (Lipinski definition) is 2. The topological polar surface area (TPSA) is 87.9 Å². The number of esters is 1. The Morgan fingerprint density at radius 3 is 2.03 bits per heavy atom. The highest BCUT2D eigenvalue weighted by Gasteiger charge is 2.17. The van der Waals surface area contributed by atoms with Crippen LogP contribution >= 0.6 is 0 Å². The zero-order chi connectivity index (χ0) is 25.9. The van der Waals surface area contributed by atoms with E-state index in [2.05, 4.69) is 63.6 Å². The number of hydrogen-bond acceptors (Lipinski definition) is 6. The van der Waals surface area contributed by atoms with Crippen molar-refractivity contribution in [3.63, 3.8) is 0 Å². The number of carbonyl (C=O) groups is 2. The Hall–Kier alpha value is -3.00. The highest BCUT2D eigenvalue weighted by molar-refractivity contribution is 5.94. The van der Waals surface area contributed by atoms with E-state index in [0.29, 0.717) is 13.0 Å². The zero-order valence-corrected chi connectivity index (χ0v) is 21.7. The molecule has 0 bridgehead atoms. The molecule has 4 rings (SSSR count). The fraction of sp³-hybridized carbons (Fsp3) is 0.467. The largest absolute Gasteiger partial charge is 0.444 e. The lowest BCUT2D eigenvalue weighted by Crippen LogP contribution is -2.33. The number of benzene rings is 2. The molecule has 1 amide bonds. The minimum atomic E-state index is -0.668. The average Bonchev–Trinajstić information content (AvgIpc) is 2.91. The van der Waals surface area contributed by atoms with Gasteiger partial charge < -0.3 is 10.1 Å². The van der Waals surface area contributed by atoms with Crippen LogP contribution < -0.4 is 11.1 Å². The molecule has 2 heterocycles. The molecule has 2 aromatic rings. The van der Waals surface area contributed by atoms with Gasteiger partial charge in [-0.15, -0.1) is 0 Å². The molecule has 0 spiro atoms. The minimum Gasteiger partial charge on any atom is -0.444 e. The first-order valence-corrected chi connectivity index (χ1v) is 13.6. The van der Waals surface area contributed by atoms with Crippen LogP contribution in [0.3, 0.4) is 0 Å². The van der Waals surface area contributed by atoms with Crippen molar-refractivity contribution in [2.24, 2.45) is 5.73 Å². The third-order valence-corrected chi connectivity index (χ3v) is 7.22. The standard InChI is InChI=1S/C30H40N4O3/c31-28(12-7-19-34-21-16-25-9-2-4-11-27(25)23-34)37-30(36)14-13-29(35)32-17-5-6-18-33-20-15-24-8-1-3-10-26(24)22-33/h1-4,8-11,13-14,28H,5-7,12,15-23,31H2,(H,32,35)/b14-13+. The molecule has 0 saturated heterocycles. The number of carbonyl (C=O) groups excluding carboxylic acids is 2. The van der Waals surface area contributed by atoms with Gasteiger partial charge in [0.05, 0.1) is 0 Å². The molecular weight excluding hydrogens is 464 g/mol. The van der Waals surface area contributed by atoms with Crippen LogP contribution in [0.15, 0.2) is 60.7 Å². The molecule has 0 aliphatic carbocycles. The number of amides is 1. The third kappa shape index (κ3) is 8.81. The van der Waals surface area contributed by atoms with Crippen molar-refractivity contribution >= 4 is 11.9 Å². The van der Waals surface area contributed by atoms with Gasteiger partial charge in [-0.1, -0.05) is 48.5 Å². The molecule has 198 valence electrons. The van der Waals surface area contributed by atoms with Gasteiger partial charge >= 0.3 is 5.97 Å². The van der Waals surface area contributed by atoms with Gasteiger partial charge in [0.25, 0.3) is 0 Å². The Morgan fingerprint density at radius 2 is 1.41 bits per heavy atom. The number of fused-ring (bicyclic) bond motifs is 2. The van der Waals surface area contributed by atoms with E-state index in [1.807, 2.05) is 0 Å². The number of nitrogens with one attached hydrogen (secondary N) is 1. The molecule has 2 aromatic carbocycles. The van der Waals surface area contributed by atoms with Crippen LogP contribution in [0.25, 0.3) is 0 Å². The number of rotatable bonds is 12. The fourth-order valence-corrected chi connectivity index (χ4v) is 5.13. The second kappa shape index (κ2) is 14.1. The summed E-state index contributed by atoms with van der Waals surface area (Å²) in [5.74, 6) is -0.872. The summed E-state index contributed by atoms with van der Waals surface area (Å²) in [5.41, 5.74) is 11.7. The second-order valence-corrected chi connectivity index (χ2v) is 10.0. The first kappa shape index (κ1) is 27.0. The van der Waals surface area contributed by atoms with E-state index in [-0.39, 0.29) is 5.91 Å². The third-order valence-electron chi connectivity index (χ3n) is 7.22. The van der Waals surface area contributed by atoms with E-state index in [1.54, 1.807) is 0 Å². The second-order valence-electron chi connectivity index (χ2n) is 10.0. The molecule has 7 nitrogen and oxygen atoms in total. The van der Waals surface area contributed by atoms with Crippen LogP contribution in [-0.4, -0.2) is 60.6 Å². The van der Waals surface area contributed by atoms with Crippen molar-refractivity contribution in [2.45, 2.75) is 57.8 Å². The predicted octanol–water partition coefficient (Wildman–Crippen LogP) is 3.16. The Morgan fingerprint density at radius 1 is 0.838 bits per heavy atom. The minimum absolute atomic E-state index is 0.289. The fourth-order valence-electron chi connectivity index (χ4n) is 5.13. The van der Waals surface area contributed by atoms with Gasteiger partial charge in [0, 0.05) is 44.9 Å². The van der Waals surface area contributed by atoms with Crippen molar-refractivity contribution in [3.05, 3.63) is 82.9 Å². The Kier molecular flexibility index (Phi) is 10.3. The molecule has 0 radical (unpaired) electrons. The van der Waals surface area contributed by atoms with Gasteiger partial charge in [0.2, 0.25) is 5.91 Å². The highest BCUT2D eigenvalue weighted by atomic mass is 16.6. The van der Waals surface area contributed by atoms with E-state index in [0.717, 1.165) is 77.4 Å². The molecule has 0 fully saturated rings. The van der Waals surface area contributed by atoms with E-state index >= 15 is 0 Å². The molecule has 1 atom stereocenters. The van der Waals surface area contributed by atoms with Crippen LogP contribution in [0.2, 0.25) is 0 Å². The van der Waals surface area contributed by atoms with E-state index in [1.165, 1.54) is 28.3 Å². The van der Waals surface area contributed by atoms with E-state index in [4.69, 9.17) is 10.5 Å². The highest BCUT2D eigenvalue weighted by Crippen LogP contribution is 2.19. The van der Waals surface area contributed by atoms with Crippen LogP contribution in [0.5, 0.6) is 0 Å². The molecule has 7 heteroatoms. The summed E-state index contributed by atoms with van der Waals surface area (Å²) < 4.78 is 5.23. The van der Waals surface area contributed by atoms with Gasteiger partial charge in [-0.2, -0.15) is 0 Å². The molecule has 2 aliphatic rings. The lowest BCUT2D eigenvalue weighted by molar-refractivity contribution is -0.143. The first-order chi connectivity index (χ1) is 18.1. The van der Waals surface area contributed by atoms with Crippen LogP contribution in [0.4, 0.5) is 0 Å². The van der Waals surface area contributed by atoms with Gasteiger partial charge in [0.15, 0.2) is 6.23 Å². The van der Waals surface area contributed by atoms with E-state index in [9.17, 15) is 9.59 Å². The zero-order valence-electron chi connectivity index (χ0n) is 21.7. The average molecular weight is 505 g/mol. The molecule has 37 heavy (non-hydrogen) atoms. The SMILES string of the molecule is NC(CCCN1CCc2ccccc2C1)OC(=O)/C=C/C(=O)NCCCCN1CCc2ccccc2C1. The predicted molar refractivity (Wildman–Crippen MR) is 146 cm³/mol. The van der Waals surface area contributed by atoms with E-state index < -0.39 is 12.2 Å². The summed E-state index contributed by atoms with van der Waals surface area (Å²) in [6.07, 6.45) is 7.24. The first-order valence-electron chi connectivity index (χ1n) is 13.6. The Bertz CT molecular complexity index is 1070. The monoisotopic (exact) mass is 504 g/mol. The lowest BCUT2D eigenvalue weighted by atomic mass is 10.00. The summed E-state index contributed by atoms with van der Waals surface area (Å²) in [5, 5.41) is 2.83. The number of nitrogens with two attached hydrogens (primary N) is 1. The van der Waals surface area contributed by atoms with Crippen LogP contribution in [-0.2, 0) is 40.3 Å². The van der Waals surface area contributed by atoms with Crippen molar-refractivity contribution < 1.29 is 14.3 Å². The summed E-state index contributed by atoms with van der Waals surface area (Å²) in [6.45, 7) is 6.61. The number of unbranched alkanes of at least 4 members (excludes halogenated alkanes) is 1. The summed E-state index contributed by atoms with van der Waals surface area (Å²) in [6, 6.07) is 17.2. The summed E-state index contributed by atoms with van der Waals surface area (Å²) in [7, 11) is 0. The van der Waals surface area contributed by atoms with Crippen molar-refractivity contribution in [1.82, 2.24) is 15.1 Å². The molecule has 2 aliphatic heterocycles. The lowest BCUT2D eigenvalue weighted by Gasteiger charge is -2.28. The molecule has 0 aromatic heterocycles. The maximum Gasteiger partial charge on any atom is 0.332 e. The summed E-state index contributed by atoms with van der Waals surface area (Å²) >= 11 is 0. The normalized spacial score (nSPS) is 16.7. The van der Waals surface area contributed by atoms with Gasteiger partial charge in [-0.25, -0.2) is 4.79 Å². The van der Waals surface area contributed by atoms with Crippen molar-refractivity contribution in [1.29, 1.82) is 0 Å². The Balaban J connectivity index is 1.03. The molecule has 0 saturated carbocycles. The summed E-state index contributed by atoms with van der Waals surface area (Å²) in [4.78, 5) is 28.9. The van der Waals surface area contributed by atoms with Gasteiger partial charge in [-0.3, -0.25) is 20.3 Å². The van der Waals surface area contributed by atoms with Gasteiger partial charge in [0.1, 0.15) is 0 Å². The Labute approximate surface area is 220 Å².